The van der Waals surface area contributed by atoms with Crippen LogP contribution in [0.5, 0.6) is 5.75 Å². The summed E-state index contributed by atoms with van der Waals surface area (Å²) in [5, 5.41) is 13.6. The summed E-state index contributed by atoms with van der Waals surface area (Å²) in [5.74, 6) is 0.855. The van der Waals surface area contributed by atoms with Crippen molar-refractivity contribution in [1.29, 1.82) is 0 Å². The van der Waals surface area contributed by atoms with Crippen LogP contribution in [0.3, 0.4) is 0 Å². The highest BCUT2D eigenvalue weighted by molar-refractivity contribution is 7.89. The van der Waals surface area contributed by atoms with E-state index in [9.17, 15) is 18.3 Å². The Kier molecular flexibility index (Phi) is 8.84. The minimum atomic E-state index is -3.47. The van der Waals surface area contributed by atoms with Crippen molar-refractivity contribution in [3.63, 3.8) is 0 Å². The Balaban J connectivity index is 1.18. The summed E-state index contributed by atoms with van der Waals surface area (Å²) in [6, 6.07) is 12.6. The van der Waals surface area contributed by atoms with Gasteiger partial charge in [0.05, 0.1) is 10.4 Å². The largest absolute Gasteiger partial charge is 0.489 e. The number of benzene rings is 2. The fraction of sp³-hybridized carbons (Fsp3) is 0.500. The zero-order chi connectivity index (χ0) is 25.5. The van der Waals surface area contributed by atoms with Crippen LogP contribution in [0.1, 0.15) is 38.2 Å². The van der Waals surface area contributed by atoms with E-state index in [4.69, 9.17) is 4.74 Å². The van der Waals surface area contributed by atoms with Crippen LogP contribution in [0.4, 0.5) is 0 Å². The summed E-state index contributed by atoms with van der Waals surface area (Å²) < 4.78 is 33.4. The van der Waals surface area contributed by atoms with E-state index in [1.807, 2.05) is 12.1 Å². The van der Waals surface area contributed by atoms with Crippen LogP contribution in [0, 0.1) is 5.92 Å². The predicted molar refractivity (Wildman–Crippen MR) is 140 cm³/mol. The second-order valence-corrected chi connectivity index (χ2v) is 11.4. The molecule has 0 bridgehead atoms. The monoisotopic (exact) mass is 516 g/mol. The number of unbranched alkanes of at least 4 members (excludes halogenated alkanes) is 1. The van der Waals surface area contributed by atoms with Crippen LogP contribution in [-0.4, -0.2) is 66.7 Å². The average molecular weight is 517 g/mol. The first-order chi connectivity index (χ1) is 17.4. The van der Waals surface area contributed by atoms with E-state index in [0.717, 1.165) is 32.1 Å². The number of piperidine rings is 1. The minimum Gasteiger partial charge on any atom is -0.489 e. The molecule has 0 aliphatic carbocycles. The highest BCUT2D eigenvalue weighted by Crippen LogP contribution is 2.24. The zero-order valence-electron chi connectivity index (χ0n) is 20.7. The van der Waals surface area contributed by atoms with Gasteiger partial charge in [0.25, 0.3) is 0 Å². The van der Waals surface area contributed by atoms with Crippen molar-refractivity contribution in [3.05, 3.63) is 58.5 Å². The first-order valence-corrected chi connectivity index (χ1v) is 14.1. The second kappa shape index (κ2) is 12.1. The number of sulfonamides is 1. The summed E-state index contributed by atoms with van der Waals surface area (Å²) >= 11 is 0. The number of hydrogen-bond acceptors (Lipinski definition) is 6. The SMILES string of the molecule is CCCCc1ccc(S(=O)(=O)N2CCC(CNC[C@@H](O)COc3cccc4[nH]c(=O)[nH]c34)CC2)cc1. The van der Waals surface area contributed by atoms with Crippen molar-refractivity contribution in [3.8, 4) is 5.75 Å². The van der Waals surface area contributed by atoms with Gasteiger partial charge in [0.1, 0.15) is 24.0 Å². The number of H-pyrrole nitrogens is 2. The molecule has 1 atom stereocenters. The molecule has 2 heterocycles. The first-order valence-electron chi connectivity index (χ1n) is 12.7. The Bertz CT molecular complexity index is 1280. The van der Waals surface area contributed by atoms with Crippen LogP contribution in [0.25, 0.3) is 11.0 Å². The van der Waals surface area contributed by atoms with Gasteiger partial charge in [-0.15, -0.1) is 0 Å². The molecule has 1 aliphatic heterocycles. The van der Waals surface area contributed by atoms with E-state index in [2.05, 4.69) is 22.2 Å². The Morgan fingerprint density at radius 3 is 2.61 bits per heavy atom. The zero-order valence-corrected chi connectivity index (χ0v) is 21.5. The molecule has 10 heteroatoms. The Labute approximate surface area is 211 Å². The molecule has 0 amide bonds. The molecule has 0 saturated carbocycles. The minimum absolute atomic E-state index is 0.0905. The Morgan fingerprint density at radius 1 is 1.14 bits per heavy atom. The predicted octanol–water partition coefficient (Wildman–Crippen LogP) is 2.63. The number of aryl methyl sites for hydroxylation is 1. The number of hydrogen-bond donors (Lipinski definition) is 4. The van der Waals surface area contributed by atoms with E-state index < -0.39 is 16.1 Å². The van der Waals surface area contributed by atoms with Crippen LogP contribution in [0.15, 0.2) is 52.2 Å². The van der Waals surface area contributed by atoms with Crippen molar-refractivity contribution in [2.75, 3.05) is 32.8 Å². The number of nitrogens with zero attached hydrogens (tertiary/aromatic N) is 1. The quantitative estimate of drug-likeness (QED) is 0.293. The summed E-state index contributed by atoms with van der Waals surface area (Å²) in [4.78, 5) is 17.2. The van der Waals surface area contributed by atoms with Crippen molar-refractivity contribution in [2.45, 2.75) is 50.0 Å². The highest BCUT2D eigenvalue weighted by atomic mass is 32.2. The first kappa shape index (κ1) is 26.4. The third-order valence-electron chi connectivity index (χ3n) is 6.71. The van der Waals surface area contributed by atoms with Gasteiger partial charge in [-0.3, -0.25) is 0 Å². The number of fused-ring (bicyclic) bond motifs is 1. The number of aromatic amines is 2. The van der Waals surface area contributed by atoms with E-state index in [-0.39, 0.29) is 12.3 Å². The molecule has 36 heavy (non-hydrogen) atoms. The maximum atomic E-state index is 13.0. The molecule has 0 radical (unpaired) electrons. The van der Waals surface area contributed by atoms with Gasteiger partial charge in [0, 0.05) is 19.6 Å². The van der Waals surface area contributed by atoms with Gasteiger partial charge in [-0.2, -0.15) is 4.31 Å². The number of aliphatic hydroxyl groups is 1. The number of imidazole rings is 1. The van der Waals surface area contributed by atoms with Gasteiger partial charge in [-0.05, 0) is 68.0 Å². The lowest BCUT2D eigenvalue weighted by atomic mass is 9.98. The third kappa shape index (κ3) is 6.56. The van der Waals surface area contributed by atoms with Crippen molar-refractivity contribution in [1.82, 2.24) is 19.6 Å². The number of nitrogens with one attached hydrogen (secondary N) is 3. The fourth-order valence-corrected chi connectivity index (χ4v) is 6.03. The summed E-state index contributed by atoms with van der Waals surface area (Å²) in [7, 11) is -3.47. The Hall–Kier alpha value is -2.66. The number of aromatic nitrogens is 2. The normalized spacial score (nSPS) is 16.4. The lowest BCUT2D eigenvalue weighted by Crippen LogP contribution is -2.42. The fourth-order valence-electron chi connectivity index (χ4n) is 4.56. The molecule has 196 valence electrons. The molecular formula is C26H36N4O5S. The standard InChI is InChI=1S/C26H36N4O5S/c1-2-3-5-19-8-10-22(11-9-19)36(33,34)30-14-12-20(13-15-30)16-27-17-21(31)18-35-24-7-4-6-23-25(24)29-26(32)28-23/h4,6-11,20-21,27,31H,2-3,5,12-18H2,1H3,(H2,28,29,32)/t21-/m1/s1. The van der Waals surface area contributed by atoms with E-state index in [1.165, 1.54) is 5.56 Å². The third-order valence-corrected chi connectivity index (χ3v) is 8.62. The van der Waals surface area contributed by atoms with Crippen LogP contribution in [-0.2, 0) is 16.4 Å². The smallest absolute Gasteiger partial charge is 0.323 e. The van der Waals surface area contributed by atoms with Gasteiger partial charge < -0.3 is 25.1 Å². The second-order valence-electron chi connectivity index (χ2n) is 9.48. The van der Waals surface area contributed by atoms with Gasteiger partial charge in [-0.1, -0.05) is 31.5 Å². The lowest BCUT2D eigenvalue weighted by Gasteiger charge is -2.31. The molecule has 9 nitrogen and oxygen atoms in total. The van der Waals surface area contributed by atoms with Gasteiger partial charge in [0.15, 0.2) is 0 Å². The molecular weight excluding hydrogens is 480 g/mol. The summed E-state index contributed by atoms with van der Waals surface area (Å²) in [6.45, 7) is 4.30. The molecule has 1 saturated heterocycles. The van der Waals surface area contributed by atoms with Crippen LogP contribution >= 0.6 is 0 Å². The highest BCUT2D eigenvalue weighted by Gasteiger charge is 2.29. The maximum Gasteiger partial charge on any atom is 0.323 e. The van der Waals surface area contributed by atoms with Crippen LogP contribution in [0.2, 0.25) is 0 Å². The maximum absolute atomic E-state index is 13.0. The number of ether oxygens (including phenoxy) is 1. The van der Waals surface area contributed by atoms with Crippen molar-refractivity contribution in [2.24, 2.45) is 5.92 Å². The van der Waals surface area contributed by atoms with Gasteiger partial charge in [-0.25, -0.2) is 13.2 Å². The molecule has 4 N–H and O–H groups in total. The number of aliphatic hydroxyl groups excluding tert-OH is 1. The van der Waals surface area contributed by atoms with E-state index in [1.54, 1.807) is 34.6 Å². The molecule has 4 rings (SSSR count). The van der Waals surface area contributed by atoms with Crippen molar-refractivity contribution < 1.29 is 18.3 Å². The van der Waals surface area contributed by atoms with Crippen molar-refractivity contribution >= 4 is 21.1 Å². The molecule has 3 aromatic rings. The summed E-state index contributed by atoms with van der Waals surface area (Å²) in [6.07, 6.45) is 4.02. The molecule has 1 aromatic heterocycles. The molecule has 1 aliphatic rings. The topological polar surface area (TPSA) is 128 Å². The lowest BCUT2D eigenvalue weighted by molar-refractivity contribution is 0.105. The number of rotatable bonds is 12. The van der Waals surface area contributed by atoms with E-state index in [0.29, 0.717) is 53.8 Å². The molecule has 0 spiro atoms. The number of para-hydroxylation sites is 1. The van der Waals surface area contributed by atoms with Gasteiger partial charge in [0.2, 0.25) is 10.0 Å². The van der Waals surface area contributed by atoms with Crippen LogP contribution < -0.4 is 15.7 Å². The average Bonchev–Trinajstić information content (AvgIpc) is 3.27. The molecule has 1 fully saturated rings. The molecule has 2 aromatic carbocycles. The Morgan fingerprint density at radius 2 is 1.89 bits per heavy atom. The molecule has 0 unspecified atom stereocenters. The van der Waals surface area contributed by atoms with E-state index >= 15 is 0 Å². The van der Waals surface area contributed by atoms with Gasteiger partial charge >= 0.3 is 5.69 Å². The summed E-state index contributed by atoms with van der Waals surface area (Å²) in [5.41, 5.74) is 2.10.